The second-order valence-corrected chi connectivity index (χ2v) is 5.88. The first-order valence-electron chi connectivity index (χ1n) is 4.33. The van der Waals surface area contributed by atoms with E-state index >= 15 is 0 Å². The maximum Gasteiger partial charge on any atom is 0.266 e. The van der Waals surface area contributed by atoms with Gasteiger partial charge in [-0.2, -0.15) is 0 Å². The summed E-state index contributed by atoms with van der Waals surface area (Å²) in [7, 11) is 0. The summed E-state index contributed by atoms with van der Waals surface area (Å²) in [5.74, 6) is 0.348. The molecule has 6 heteroatoms. The molecule has 0 atom stereocenters. The molecular weight excluding hydrogens is 359 g/mol. The van der Waals surface area contributed by atoms with Crippen molar-refractivity contribution in [1.29, 1.82) is 0 Å². The molecule has 0 spiro atoms. The molecule has 3 nitrogen and oxygen atoms in total. The fourth-order valence-corrected chi connectivity index (χ4v) is 2.32. The van der Waals surface area contributed by atoms with Crippen molar-refractivity contribution in [1.82, 2.24) is 4.98 Å². The zero-order valence-corrected chi connectivity index (χ0v) is 11.6. The molecule has 2 heterocycles. The van der Waals surface area contributed by atoms with E-state index in [1.165, 1.54) is 11.3 Å². The molecule has 0 saturated heterocycles. The highest BCUT2D eigenvalue weighted by Crippen LogP contribution is 2.22. The van der Waals surface area contributed by atoms with Gasteiger partial charge in [-0.3, -0.25) is 4.79 Å². The normalized spacial score (nSPS) is 10.1. The molecule has 1 amide bonds. The first-order chi connectivity index (χ1) is 7.65. The number of nitrogens with zero attached hydrogens (tertiary/aromatic N) is 1. The van der Waals surface area contributed by atoms with E-state index in [0.717, 1.165) is 3.57 Å². The lowest BCUT2D eigenvalue weighted by Crippen LogP contribution is -2.11. The molecule has 0 fully saturated rings. The van der Waals surface area contributed by atoms with Crippen LogP contribution < -0.4 is 5.32 Å². The molecule has 0 aliphatic carbocycles. The van der Waals surface area contributed by atoms with Crippen LogP contribution in [0.25, 0.3) is 0 Å². The van der Waals surface area contributed by atoms with E-state index < -0.39 is 0 Å². The van der Waals surface area contributed by atoms with Gasteiger partial charge in [0.15, 0.2) is 0 Å². The fourth-order valence-electron chi connectivity index (χ4n) is 1.06. The quantitative estimate of drug-likeness (QED) is 0.827. The molecule has 0 aliphatic rings. The Balaban J connectivity index is 2.10. The molecule has 82 valence electrons. The largest absolute Gasteiger partial charge is 0.306 e. The molecular formula is C10H6ClIN2OS. The predicted molar refractivity (Wildman–Crippen MR) is 74.2 cm³/mol. The third-order valence-electron chi connectivity index (χ3n) is 1.77. The van der Waals surface area contributed by atoms with Gasteiger partial charge in [-0.1, -0.05) is 11.6 Å². The van der Waals surface area contributed by atoms with Crippen LogP contribution in [-0.2, 0) is 0 Å². The Labute approximate surface area is 115 Å². The zero-order valence-electron chi connectivity index (χ0n) is 7.91. The second kappa shape index (κ2) is 5.11. The standard InChI is InChI=1S/C10H6ClIN2OS/c11-8-3-2-7(16-8)10(15)14-9-4-1-6(12)5-13-9/h1-5H,(H,13,14,15). The highest BCUT2D eigenvalue weighted by atomic mass is 127. The number of hydrogen-bond donors (Lipinski definition) is 1. The third-order valence-corrected chi connectivity index (χ3v) is 3.63. The lowest BCUT2D eigenvalue weighted by atomic mass is 10.4. The summed E-state index contributed by atoms with van der Waals surface area (Å²) in [4.78, 5) is 16.4. The first kappa shape index (κ1) is 11.8. The lowest BCUT2D eigenvalue weighted by Gasteiger charge is -2.01. The predicted octanol–water partition coefficient (Wildman–Crippen LogP) is 3.65. The fraction of sp³-hybridized carbons (Fsp3) is 0. The van der Waals surface area contributed by atoms with Gasteiger partial charge < -0.3 is 5.32 Å². The van der Waals surface area contributed by atoms with E-state index in [1.54, 1.807) is 24.4 Å². The van der Waals surface area contributed by atoms with Gasteiger partial charge in [0, 0.05) is 9.77 Å². The Morgan fingerprint density at radius 2 is 2.19 bits per heavy atom. The summed E-state index contributed by atoms with van der Waals surface area (Å²) in [5.41, 5.74) is 0. The first-order valence-corrected chi connectivity index (χ1v) is 6.61. The number of rotatable bonds is 2. The molecule has 2 aromatic heterocycles. The summed E-state index contributed by atoms with van der Waals surface area (Å²) < 4.78 is 1.62. The van der Waals surface area contributed by atoms with Crippen molar-refractivity contribution in [3.63, 3.8) is 0 Å². The smallest absolute Gasteiger partial charge is 0.266 e. The van der Waals surface area contributed by atoms with Gasteiger partial charge in [-0.25, -0.2) is 4.98 Å². The van der Waals surface area contributed by atoms with Crippen LogP contribution in [0.4, 0.5) is 5.82 Å². The number of nitrogens with one attached hydrogen (secondary N) is 1. The average Bonchev–Trinajstić information content (AvgIpc) is 2.68. The topological polar surface area (TPSA) is 42.0 Å². The van der Waals surface area contributed by atoms with Gasteiger partial charge in [0.25, 0.3) is 5.91 Å². The highest BCUT2D eigenvalue weighted by Gasteiger charge is 2.09. The van der Waals surface area contributed by atoms with Crippen molar-refractivity contribution >= 4 is 57.3 Å². The Morgan fingerprint density at radius 1 is 1.38 bits per heavy atom. The average molecular weight is 365 g/mol. The van der Waals surface area contributed by atoms with Crippen molar-refractivity contribution in [3.8, 4) is 0 Å². The number of pyridine rings is 1. The van der Waals surface area contributed by atoms with E-state index in [2.05, 4.69) is 32.9 Å². The van der Waals surface area contributed by atoms with Crippen LogP contribution >= 0.6 is 45.5 Å². The molecule has 0 saturated carbocycles. The third kappa shape index (κ3) is 2.93. The summed E-state index contributed by atoms with van der Waals surface area (Å²) in [6, 6.07) is 7.02. The van der Waals surface area contributed by atoms with Gasteiger partial charge in [0.1, 0.15) is 5.82 Å². The minimum absolute atomic E-state index is 0.189. The molecule has 1 N–H and O–H groups in total. The molecule has 16 heavy (non-hydrogen) atoms. The van der Waals surface area contributed by atoms with Crippen molar-refractivity contribution in [2.75, 3.05) is 5.32 Å². The molecule has 0 unspecified atom stereocenters. The Hall–Kier alpha value is -0.660. The van der Waals surface area contributed by atoms with E-state index in [1.807, 2.05) is 6.07 Å². The number of amides is 1. The molecule has 0 radical (unpaired) electrons. The SMILES string of the molecule is O=C(Nc1ccc(I)cn1)c1ccc(Cl)s1. The minimum atomic E-state index is -0.189. The number of carbonyl (C=O) groups excluding carboxylic acids is 1. The number of anilines is 1. The summed E-state index contributed by atoms with van der Waals surface area (Å²) in [6.45, 7) is 0. The Kier molecular flexibility index (Phi) is 3.78. The number of carbonyl (C=O) groups is 1. The van der Waals surface area contributed by atoms with Gasteiger partial charge >= 0.3 is 0 Å². The van der Waals surface area contributed by atoms with Crippen LogP contribution in [0, 0.1) is 3.57 Å². The summed E-state index contributed by atoms with van der Waals surface area (Å²) >= 11 is 9.15. The van der Waals surface area contributed by atoms with E-state index in [9.17, 15) is 4.79 Å². The monoisotopic (exact) mass is 364 g/mol. The highest BCUT2D eigenvalue weighted by molar-refractivity contribution is 14.1. The van der Waals surface area contributed by atoms with Crippen LogP contribution in [0.1, 0.15) is 9.67 Å². The van der Waals surface area contributed by atoms with Crippen molar-refractivity contribution < 1.29 is 4.79 Å². The summed E-state index contributed by atoms with van der Waals surface area (Å²) in [6.07, 6.45) is 1.69. The minimum Gasteiger partial charge on any atom is -0.306 e. The van der Waals surface area contributed by atoms with E-state index in [0.29, 0.717) is 15.0 Å². The number of halogens is 2. The molecule has 0 aliphatic heterocycles. The molecule has 0 aromatic carbocycles. The van der Waals surface area contributed by atoms with Gasteiger partial charge in [0.2, 0.25) is 0 Å². The molecule has 0 bridgehead atoms. The van der Waals surface area contributed by atoms with Gasteiger partial charge in [0.05, 0.1) is 9.21 Å². The second-order valence-electron chi connectivity index (χ2n) is 2.92. The van der Waals surface area contributed by atoms with Crippen molar-refractivity contribution in [2.24, 2.45) is 0 Å². The van der Waals surface area contributed by atoms with Crippen LogP contribution in [0.15, 0.2) is 30.5 Å². The van der Waals surface area contributed by atoms with Crippen LogP contribution in [0.5, 0.6) is 0 Å². The van der Waals surface area contributed by atoms with Crippen LogP contribution in [-0.4, -0.2) is 10.9 Å². The molecule has 2 aromatic rings. The van der Waals surface area contributed by atoms with Crippen LogP contribution in [0.2, 0.25) is 4.34 Å². The number of hydrogen-bond acceptors (Lipinski definition) is 3. The maximum absolute atomic E-state index is 11.7. The zero-order chi connectivity index (χ0) is 11.5. The number of thiophene rings is 1. The lowest BCUT2D eigenvalue weighted by molar-refractivity contribution is 0.103. The van der Waals surface area contributed by atoms with E-state index in [4.69, 9.17) is 11.6 Å². The van der Waals surface area contributed by atoms with Crippen LogP contribution in [0.3, 0.4) is 0 Å². The van der Waals surface area contributed by atoms with E-state index in [-0.39, 0.29) is 5.91 Å². The Bertz CT molecular complexity index is 512. The van der Waals surface area contributed by atoms with Gasteiger partial charge in [-0.15, -0.1) is 11.3 Å². The Morgan fingerprint density at radius 3 is 2.75 bits per heavy atom. The number of aromatic nitrogens is 1. The molecule has 2 rings (SSSR count). The van der Waals surface area contributed by atoms with Gasteiger partial charge in [-0.05, 0) is 46.9 Å². The summed E-state index contributed by atoms with van der Waals surface area (Å²) in [5, 5.41) is 2.70. The maximum atomic E-state index is 11.7. The van der Waals surface area contributed by atoms with Crippen molar-refractivity contribution in [3.05, 3.63) is 43.2 Å². The van der Waals surface area contributed by atoms with Crippen molar-refractivity contribution in [2.45, 2.75) is 0 Å².